The van der Waals surface area contributed by atoms with Crippen LogP contribution in [0.3, 0.4) is 0 Å². The number of anilines is 1. The number of ether oxygens (including phenoxy) is 2. The first-order valence-electron chi connectivity index (χ1n) is 15.9. The van der Waals surface area contributed by atoms with E-state index in [9.17, 15) is 26.7 Å². The van der Waals surface area contributed by atoms with Crippen LogP contribution < -0.4 is 9.46 Å². The lowest BCUT2D eigenvalue weighted by Gasteiger charge is -2.35. The number of carbonyl (C=O) groups is 1. The van der Waals surface area contributed by atoms with E-state index in [1.54, 1.807) is 37.3 Å². The van der Waals surface area contributed by atoms with Crippen molar-refractivity contribution in [2.45, 2.75) is 68.1 Å². The van der Waals surface area contributed by atoms with Crippen molar-refractivity contribution in [3.8, 4) is 5.75 Å². The number of likely N-dealkylation sites (N-methyl/N-ethyl adjacent to an activating group) is 1. The fourth-order valence-electron chi connectivity index (χ4n) is 5.40. The third kappa shape index (κ3) is 9.48. The third-order valence-electron chi connectivity index (χ3n) is 8.32. The lowest BCUT2D eigenvalue weighted by Crippen LogP contribution is -2.48. The zero-order chi connectivity index (χ0) is 35.1. The van der Waals surface area contributed by atoms with Gasteiger partial charge in [0.05, 0.1) is 40.2 Å². The fourth-order valence-corrected chi connectivity index (χ4v) is 7.78. The molecule has 0 aromatic heterocycles. The smallest absolute Gasteiger partial charge is 0.261 e. The summed E-state index contributed by atoms with van der Waals surface area (Å²) in [7, 11) is -6.33. The van der Waals surface area contributed by atoms with Crippen LogP contribution in [0.25, 0.3) is 0 Å². The third-order valence-corrected chi connectivity index (χ3v) is 11.8. The fraction of sp³-hybridized carbons (Fsp3) is 0.441. The summed E-state index contributed by atoms with van der Waals surface area (Å²) in [5, 5.41) is 10.6. The van der Waals surface area contributed by atoms with Crippen LogP contribution in [0.15, 0.2) is 82.6 Å². The van der Waals surface area contributed by atoms with Gasteiger partial charge in [-0.1, -0.05) is 36.7 Å². The van der Waals surface area contributed by atoms with Gasteiger partial charge in [0.2, 0.25) is 10.0 Å². The minimum atomic E-state index is -3.95. The van der Waals surface area contributed by atoms with Gasteiger partial charge in [-0.25, -0.2) is 16.8 Å². The number of aliphatic hydroxyl groups is 1. The Morgan fingerprint density at radius 2 is 1.69 bits per heavy atom. The number of carbonyl (C=O) groups excluding carboxylic acids is 1. The van der Waals surface area contributed by atoms with Crippen molar-refractivity contribution in [2.75, 3.05) is 38.1 Å². The molecule has 262 valence electrons. The molecule has 3 aromatic rings. The molecule has 0 radical (unpaired) electrons. The molecule has 0 unspecified atom stereocenters. The Morgan fingerprint density at radius 3 is 2.35 bits per heavy atom. The quantitative estimate of drug-likeness (QED) is 0.305. The number of hydrogen-bond donors (Lipinski definition) is 2. The van der Waals surface area contributed by atoms with E-state index in [1.807, 2.05) is 13.8 Å². The maximum Gasteiger partial charge on any atom is 0.261 e. The van der Waals surface area contributed by atoms with E-state index >= 15 is 0 Å². The van der Waals surface area contributed by atoms with Gasteiger partial charge in [0.1, 0.15) is 5.75 Å². The van der Waals surface area contributed by atoms with Crippen LogP contribution in [0.4, 0.5) is 5.69 Å². The Kier molecular flexibility index (Phi) is 12.9. The van der Waals surface area contributed by atoms with Gasteiger partial charge in [-0.2, -0.15) is 4.31 Å². The Bertz CT molecular complexity index is 1740. The summed E-state index contributed by atoms with van der Waals surface area (Å²) in [4.78, 5) is 16.0. The summed E-state index contributed by atoms with van der Waals surface area (Å²) in [6.07, 6.45) is 1.24. The predicted molar refractivity (Wildman–Crippen MR) is 185 cm³/mol. The summed E-state index contributed by atoms with van der Waals surface area (Å²) in [5.41, 5.74) is 0.294. The zero-order valence-corrected chi connectivity index (χ0v) is 30.0. The highest BCUT2D eigenvalue weighted by molar-refractivity contribution is 7.92. The molecule has 4 rings (SSSR count). The number of sulfonamides is 2. The molecule has 1 heterocycles. The second-order valence-corrected chi connectivity index (χ2v) is 16.3. The van der Waals surface area contributed by atoms with Crippen LogP contribution in [0.5, 0.6) is 5.75 Å². The van der Waals surface area contributed by atoms with Gasteiger partial charge in [0.15, 0.2) is 0 Å². The molecule has 0 fully saturated rings. The number of nitrogens with zero attached hydrogens (tertiary/aromatic N) is 2. The molecule has 0 saturated carbocycles. The molecular weight excluding hydrogens is 678 g/mol. The van der Waals surface area contributed by atoms with Crippen LogP contribution in [-0.4, -0.2) is 88.7 Å². The van der Waals surface area contributed by atoms with Crippen LogP contribution in [0.1, 0.15) is 50.4 Å². The lowest BCUT2D eigenvalue weighted by atomic mass is 10.0. The number of rotatable bonds is 9. The highest BCUT2D eigenvalue weighted by Gasteiger charge is 2.32. The van der Waals surface area contributed by atoms with E-state index in [4.69, 9.17) is 21.1 Å². The summed E-state index contributed by atoms with van der Waals surface area (Å²) < 4.78 is 69.3. The van der Waals surface area contributed by atoms with Gasteiger partial charge in [0.25, 0.3) is 15.9 Å². The molecule has 4 atom stereocenters. The van der Waals surface area contributed by atoms with Crippen molar-refractivity contribution in [1.29, 1.82) is 0 Å². The number of hydrogen-bond acceptors (Lipinski definition) is 8. The number of benzene rings is 3. The van der Waals surface area contributed by atoms with E-state index in [-0.39, 0.29) is 58.5 Å². The largest absolute Gasteiger partial charge is 0.490 e. The van der Waals surface area contributed by atoms with Crippen LogP contribution in [-0.2, 0) is 24.8 Å². The molecular formula is C34H44ClN3O8S2. The molecule has 1 aliphatic rings. The molecule has 48 heavy (non-hydrogen) atoms. The van der Waals surface area contributed by atoms with Gasteiger partial charge in [-0.05, 0) is 87.7 Å². The monoisotopic (exact) mass is 721 g/mol. The Balaban J connectivity index is 1.67. The average Bonchev–Trinajstić information content (AvgIpc) is 3.06. The van der Waals surface area contributed by atoms with Crippen LogP contribution in [0, 0.1) is 5.92 Å². The maximum atomic E-state index is 14.3. The molecule has 3 aromatic carbocycles. The van der Waals surface area contributed by atoms with E-state index in [1.165, 1.54) is 58.7 Å². The van der Waals surface area contributed by atoms with E-state index in [0.29, 0.717) is 24.5 Å². The van der Waals surface area contributed by atoms with E-state index in [0.717, 1.165) is 6.42 Å². The van der Waals surface area contributed by atoms with Crippen molar-refractivity contribution in [2.24, 2.45) is 5.92 Å². The summed E-state index contributed by atoms with van der Waals surface area (Å²) in [6.45, 7) is 5.61. The van der Waals surface area contributed by atoms with Gasteiger partial charge in [-0.15, -0.1) is 0 Å². The zero-order valence-electron chi connectivity index (χ0n) is 27.6. The number of aliphatic hydroxyl groups excluding tert-OH is 1. The first-order chi connectivity index (χ1) is 22.7. The second kappa shape index (κ2) is 16.5. The molecule has 0 saturated heterocycles. The predicted octanol–water partition coefficient (Wildman–Crippen LogP) is 5.26. The Hall–Kier alpha value is -3.20. The van der Waals surface area contributed by atoms with Crippen molar-refractivity contribution >= 4 is 43.2 Å². The highest BCUT2D eigenvalue weighted by atomic mass is 35.5. The minimum Gasteiger partial charge on any atom is -0.490 e. The van der Waals surface area contributed by atoms with Crippen molar-refractivity contribution in [3.05, 3.63) is 83.4 Å². The van der Waals surface area contributed by atoms with E-state index in [2.05, 4.69) is 4.72 Å². The molecule has 1 aliphatic heterocycles. The average molecular weight is 722 g/mol. The minimum absolute atomic E-state index is 0.0170. The van der Waals surface area contributed by atoms with Gasteiger partial charge < -0.3 is 19.5 Å². The summed E-state index contributed by atoms with van der Waals surface area (Å²) in [5.74, 6) is -0.572. The molecule has 2 N–H and O–H groups in total. The van der Waals surface area contributed by atoms with Gasteiger partial charge >= 0.3 is 0 Å². The molecule has 14 heteroatoms. The van der Waals surface area contributed by atoms with Crippen LogP contribution in [0.2, 0.25) is 5.02 Å². The molecule has 0 bridgehead atoms. The van der Waals surface area contributed by atoms with Crippen molar-refractivity contribution in [3.63, 3.8) is 0 Å². The number of fused-ring (bicyclic) bond motifs is 1. The summed E-state index contributed by atoms with van der Waals surface area (Å²) in [6, 6.07) is 17.8. The summed E-state index contributed by atoms with van der Waals surface area (Å²) >= 11 is 5.97. The van der Waals surface area contributed by atoms with Gasteiger partial charge in [-0.3, -0.25) is 9.52 Å². The number of halogens is 1. The molecule has 0 aliphatic carbocycles. The Labute approximate surface area is 288 Å². The molecule has 11 nitrogen and oxygen atoms in total. The number of amides is 1. The van der Waals surface area contributed by atoms with Crippen LogP contribution >= 0.6 is 11.6 Å². The highest BCUT2D eigenvalue weighted by Crippen LogP contribution is 2.30. The van der Waals surface area contributed by atoms with E-state index < -0.39 is 38.1 Å². The standard InChI is InChI=1S/C34H44ClN3O8S2/c1-24-21-38(25(2)23-39)34(40)31-20-28(36-47(41,42)29-11-6-5-7-12-29)15-18-32(31)46-26(3)10-8-9-19-45-33(24)22-37(4)48(43,44)30-16-13-27(35)14-17-30/h5-7,11-18,20,24-26,33,36,39H,8-10,19,21-23H2,1-4H3/t24-,25-,26+,33-/m1/s1. The number of nitrogens with one attached hydrogen (secondary N) is 1. The molecule has 0 spiro atoms. The Morgan fingerprint density at radius 1 is 1.00 bits per heavy atom. The molecule has 1 amide bonds. The van der Waals surface area contributed by atoms with Crippen molar-refractivity contribution < 1.29 is 36.2 Å². The van der Waals surface area contributed by atoms with Crippen molar-refractivity contribution in [1.82, 2.24) is 9.21 Å². The lowest BCUT2D eigenvalue weighted by molar-refractivity contribution is -0.00833. The topological polar surface area (TPSA) is 143 Å². The first kappa shape index (κ1) is 37.6. The maximum absolute atomic E-state index is 14.3. The first-order valence-corrected chi connectivity index (χ1v) is 19.2. The SMILES string of the molecule is C[C@@H]1CN([C@H](C)CO)C(=O)c2cc(NS(=O)(=O)c3ccccc3)ccc2O[C@@H](C)CCCCO[C@@H]1CN(C)S(=O)(=O)c1ccc(Cl)cc1. The second-order valence-electron chi connectivity index (χ2n) is 12.2. The normalized spacial score (nSPS) is 20.8. The van der Waals surface area contributed by atoms with Gasteiger partial charge in [0, 0.05) is 43.4 Å².